The minimum atomic E-state index is -4.52. The van der Waals surface area contributed by atoms with E-state index in [-0.39, 0.29) is 11.1 Å². The van der Waals surface area contributed by atoms with Gasteiger partial charge in [-0.2, -0.15) is 13.2 Å². The molecule has 0 unspecified atom stereocenters. The van der Waals surface area contributed by atoms with E-state index in [1.807, 2.05) is 0 Å². The van der Waals surface area contributed by atoms with Crippen LogP contribution in [0.4, 0.5) is 13.2 Å². The minimum absolute atomic E-state index is 0.146. The fourth-order valence-electron chi connectivity index (χ4n) is 1.32. The Morgan fingerprint density at radius 2 is 2.06 bits per heavy atom. The van der Waals surface area contributed by atoms with Gasteiger partial charge < -0.3 is 4.74 Å². The normalized spacial score (nSPS) is 11.0. The molecule has 0 aliphatic heterocycles. The zero-order valence-electron chi connectivity index (χ0n) is 8.47. The number of carbonyl (C=O) groups excluding carboxylic acids is 1. The van der Waals surface area contributed by atoms with Crippen LogP contribution in [0.25, 0.3) is 6.08 Å². The van der Waals surface area contributed by atoms with Gasteiger partial charge in [0.2, 0.25) is 0 Å². The zero-order chi connectivity index (χ0) is 12.3. The molecule has 0 amide bonds. The van der Waals surface area contributed by atoms with Gasteiger partial charge in [0.05, 0.1) is 18.2 Å². The molecule has 0 atom stereocenters. The fourth-order valence-corrected chi connectivity index (χ4v) is 1.32. The lowest BCUT2D eigenvalue weighted by molar-refractivity contribution is -0.137. The molecule has 0 saturated heterocycles. The van der Waals surface area contributed by atoms with Crippen molar-refractivity contribution in [1.29, 1.82) is 0 Å². The predicted octanol–water partition coefficient (Wildman–Crippen LogP) is 3.14. The molecule has 1 aromatic carbocycles. The molecule has 0 aromatic heterocycles. The monoisotopic (exact) mass is 230 g/mol. The lowest BCUT2D eigenvalue weighted by Crippen LogP contribution is -2.12. The molecule has 0 heterocycles. The summed E-state index contributed by atoms with van der Waals surface area (Å²) in [6.45, 7) is 3.27. The molecule has 0 aliphatic rings. The number of hydrogen-bond donors (Lipinski definition) is 0. The molecule has 1 rings (SSSR count). The van der Waals surface area contributed by atoms with Crippen LogP contribution in [0.1, 0.15) is 21.5 Å². The maximum atomic E-state index is 12.6. The van der Waals surface area contributed by atoms with E-state index < -0.39 is 17.7 Å². The standard InChI is InChI=1S/C11H9F3O2/c1-3-7-8(10(15)16-2)5-4-6-9(7)11(12,13)14/h3-6H,1H2,2H3. The third-order valence-electron chi connectivity index (χ3n) is 2.02. The molecular weight excluding hydrogens is 221 g/mol. The number of hydrogen-bond acceptors (Lipinski definition) is 2. The predicted molar refractivity (Wildman–Crippen MR) is 52.9 cm³/mol. The second-order valence-corrected chi connectivity index (χ2v) is 2.96. The number of halogens is 3. The third kappa shape index (κ3) is 2.24. The Morgan fingerprint density at radius 1 is 1.44 bits per heavy atom. The van der Waals surface area contributed by atoms with Crippen LogP contribution >= 0.6 is 0 Å². The SMILES string of the molecule is C=Cc1c(C(=O)OC)cccc1C(F)(F)F. The molecule has 0 radical (unpaired) electrons. The first-order chi connectivity index (χ1) is 7.41. The highest BCUT2D eigenvalue weighted by Crippen LogP contribution is 2.34. The van der Waals surface area contributed by atoms with E-state index in [0.29, 0.717) is 0 Å². The van der Waals surface area contributed by atoms with E-state index in [1.54, 1.807) is 0 Å². The van der Waals surface area contributed by atoms with Crippen LogP contribution in [0, 0.1) is 0 Å². The lowest BCUT2D eigenvalue weighted by Gasteiger charge is -2.12. The van der Waals surface area contributed by atoms with Crippen molar-refractivity contribution in [2.75, 3.05) is 7.11 Å². The first-order valence-electron chi connectivity index (χ1n) is 4.32. The molecule has 1 aromatic rings. The molecule has 0 N–H and O–H groups in total. The summed E-state index contributed by atoms with van der Waals surface area (Å²) in [6.07, 6.45) is -3.53. The molecule has 16 heavy (non-hydrogen) atoms. The van der Waals surface area contributed by atoms with Gasteiger partial charge in [0.25, 0.3) is 0 Å². The van der Waals surface area contributed by atoms with Gasteiger partial charge in [-0.25, -0.2) is 4.79 Å². The van der Waals surface area contributed by atoms with Crippen LogP contribution in [0.3, 0.4) is 0 Å². The highest BCUT2D eigenvalue weighted by atomic mass is 19.4. The van der Waals surface area contributed by atoms with Gasteiger partial charge in [-0.05, 0) is 12.1 Å². The Hall–Kier alpha value is -1.78. The number of methoxy groups -OCH3 is 1. The van der Waals surface area contributed by atoms with E-state index in [2.05, 4.69) is 11.3 Å². The Kier molecular flexibility index (Phi) is 3.37. The summed E-state index contributed by atoms with van der Waals surface area (Å²) in [7, 11) is 1.11. The number of esters is 1. The van der Waals surface area contributed by atoms with Crippen molar-refractivity contribution < 1.29 is 22.7 Å². The second kappa shape index (κ2) is 4.38. The number of ether oxygens (including phenoxy) is 1. The summed E-state index contributed by atoms with van der Waals surface area (Å²) in [5, 5.41) is 0. The molecule has 86 valence electrons. The minimum Gasteiger partial charge on any atom is -0.465 e. The van der Waals surface area contributed by atoms with Gasteiger partial charge in [-0.1, -0.05) is 18.7 Å². The summed E-state index contributed by atoms with van der Waals surface area (Å²) < 4.78 is 42.1. The highest BCUT2D eigenvalue weighted by Gasteiger charge is 2.34. The van der Waals surface area contributed by atoms with Gasteiger partial charge in [0, 0.05) is 5.56 Å². The number of benzene rings is 1. The molecular formula is C11H9F3O2. The third-order valence-corrected chi connectivity index (χ3v) is 2.02. The number of carbonyl (C=O) groups is 1. The zero-order valence-corrected chi connectivity index (χ0v) is 8.47. The molecule has 0 aliphatic carbocycles. The van der Waals surface area contributed by atoms with Crippen molar-refractivity contribution in [3.8, 4) is 0 Å². The molecule has 0 spiro atoms. The van der Waals surface area contributed by atoms with E-state index in [1.165, 1.54) is 6.07 Å². The van der Waals surface area contributed by atoms with Crippen molar-refractivity contribution in [2.24, 2.45) is 0 Å². The van der Waals surface area contributed by atoms with Crippen molar-refractivity contribution in [2.45, 2.75) is 6.18 Å². The summed E-state index contributed by atoms with van der Waals surface area (Å²) >= 11 is 0. The highest BCUT2D eigenvalue weighted by molar-refractivity contribution is 5.94. The number of alkyl halides is 3. The van der Waals surface area contributed by atoms with E-state index in [9.17, 15) is 18.0 Å². The lowest BCUT2D eigenvalue weighted by atomic mass is 10.0. The average Bonchev–Trinajstić information content (AvgIpc) is 2.25. The Balaban J connectivity index is 3.44. The fraction of sp³-hybridized carbons (Fsp3) is 0.182. The van der Waals surface area contributed by atoms with Crippen molar-refractivity contribution in [3.05, 3.63) is 41.5 Å². The molecule has 0 bridgehead atoms. The Labute approximate surface area is 90.3 Å². The van der Waals surface area contributed by atoms with E-state index in [0.717, 1.165) is 25.3 Å². The maximum Gasteiger partial charge on any atom is 0.417 e. The number of rotatable bonds is 2. The van der Waals surface area contributed by atoms with Gasteiger partial charge in [0.1, 0.15) is 0 Å². The molecule has 0 saturated carbocycles. The van der Waals surface area contributed by atoms with Crippen LogP contribution in [-0.2, 0) is 10.9 Å². The van der Waals surface area contributed by atoms with Gasteiger partial charge >= 0.3 is 12.1 Å². The summed E-state index contributed by atoms with van der Waals surface area (Å²) in [6, 6.07) is 3.31. The van der Waals surface area contributed by atoms with E-state index in [4.69, 9.17) is 0 Å². The van der Waals surface area contributed by atoms with Gasteiger partial charge in [0.15, 0.2) is 0 Å². The van der Waals surface area contributed by atoms with Crippen LogP contribution in [0.5, 0.6) is 0 Å². The van der Waals surface area contributed by atoms with Crippen molar-refractivity contribution in [1.82, 2.24) is 0 Å². The molecule has 5 heteroatoms. The Bertz CT molecular complexity index is 422. The van der Waals surface area contributed by atoms with Crippen molar-refractivity contribution in [3.63, 3.8) is 0 Å². The summed E-state index contributed by atoms with van der Waals surface area (Å²) in [5.41, 5.74) is -1.31. The van der Waals surface area contributed by atoms with Gasteiger partial charge in [-0.15, -0.1) is 0 Å². The maximum absolute atomic E-state index is 12.6. The molecule has 0 fully saturated rings. The van der Waals surface area contributed by atoms with Crippen LogP contribution in [0.2, 0.25) is 0 Å². The topological polar surface area (TPSA) is 26.3 Å². The molecule has 2 nitrogen and oxygen atoms in total. The van der Waals surface area contributed by atoms with Crippen LogP contribution < -0.4 is 0 Å². The summed E-state index contributed by atoms with van der Waals surface area (Å²) in [4.78, 5) is 11.2. The first-order valence-corrected chi connectivity index (χ1v) is 4.32. The Morgan fingerprint density at radius 3 is 2.50 bits per heavy atom. The van der Waals surface area contributed by atoms with Crippen LogP contribution in [0.15, 0.2) is 24.8 Å². The summed E-state index contributed by atoms with van der Waals surface area (Å²) in [5.74, 6) is -0.819. The average molecular weight is 230 g/mol. The van der Waals surface area contributed by atoms with Gasteiger partial charge in [-0.3, -0.25) is 0 Å². The van der Waals surface area contributed by atoms with Crippen molar-refractivity contribution >= 4 is 12.0 Å². The second-order valence-electron chi connectivity index (χ2n) is 2.96. The van der Waals surface area contributed by atoms with E-state index >= 15 is 0 Å². The van der Waals surface area contributed by atoms with Crippen LogP contribution in [-0.4, -0.2) is 13.1 Å². The first kappa shape index (κ1) is 12.3. The smallest absolute Gasteiger partial charge is 0.417 e. The quantitative estimate of drug-likeness (QED) is 0.729. The largest absolute Gasteiger partial charge is 0.465 e.